The van der Waals surface area contributed by atoms with Gasteiger partial charge in [-0.25, -0.2) is 4.79 Å². The zero-order valence-corrected chi connectivity index (χ0v) is 17.7. The predicted molar refractivity (Wildman–Crippen MR) is 104 cm³/mol. The first-order chi connectivity index (χ1) is 10.0. The molecule has 23 heavy (non-hydrogen) atoms. The molecule has 0 aliphatic heterocycles. The van der Waals surface area contributed by atoms with E-state index in [0.717, 1.165) is 0 Å². The van der Waals surface area contributed by atoms with Crippen LogP contribution in [0.1, 0.15) is 34.6 Å². The van der Waals surface area contributed by atoms with Gasteiger partial charge in [0.1, 0.15) is 5.60 Å². The summed E-state index contributed by atoms with van der Waals surface area (Å²) in [5.41, 5.74) is 5.32. The summed E-state index contributed by atoms with van der Waals surface area (Å²) < 4.78 is 10.3. The molecule has 0 aromatic carbocycles. The van der Waals surface area contributed by atoms with Crippen molar-refractivity contribution in [3.05, 3.63) is 0 Å². The van der Waals surface area contributed by atoms with E-state index < -0.39 is 5.60 Å². The molecule has 0 aliphatic rings. The Kier molecular flexibility index (Phi) is 12.5. The molecule has 0 saturated carbocycles. The third kappa shape index (κ3) is 13.4. The summed E-state index contributed by atoms with van der Waals surface area (Å²) in [7, 11) is 3.36. The molecule has 0 aromatic heterocycles. The molecule has 0 rings (SSSR count). The molecule has 2 atom stereocenters. The number of methoxy groups -OCH3 is 1. The summed E-state index contributed by atoms with van der Waals surface area (Å²) in [5, 5.41) is 3.04. The van der Waals surface area contributed by atoms with Gasteiger partial charge in [-0.15, -0.1) is 24.0 Å². The van der Waals surface area contributed by atoms with Crippen molar-refractivity contribution >= 4 is 36.0 Å². The zero-order chi connectivity index (χ0) is 17.3. The Bertz CT molecular complexity index is 372. The van der Waals surface area contributed by atoms with E-state index >= 15 is 0 Å². The van der Waals surface area contributed by atoms with Crippen LogP contribution in [0, 0.1) is 5.92 Å². The smallest absolute Gasteiger partial charge is 0.410 e. The molecule has 0 saturated heterocycles. The van der Waals surface area contributed by atoms with Crippen molar-refractivity contribution in [1.29, 1.82) is 0 Å². The molecule has 0 aromatic rings. The van der Waals surface area contributed by atoms with Crippen molar-refractivity contribution in [3.63, 3.8) is 0 Å². The molecule has 2 unspecified atom stereocenters. The highest BCUT2D eigenvalue weighted by Crippen LogP contribution is 2.10. The number of nitrogens with zero attached hydrogens (tertiary/aromatic N) is 2. The van der Waals surface area contributed by atoms with Crippen LogP contribution in [-0.2, 0) is 9.47 Å². The number of rotatable bonds is 7. The Morgan fingerprint density at radius 1 is 1.35 bits per heavy atom. The molecular weight excluding hydrogens is 411 g/mol. The summed E-state index contributed by atoms with van der Waals surface area (Å²) in [6, 6.07) is 0.105. The average Bonchev–Trinajstić information content (AvgIpc) is 2.34. The van der Waals surface area contributed by atoms with Crippen molar-refractivity contribution < 1.29 is 14.3 Å². The van der Waals surface area contributed by atoms with Gasteiger partial charge in [0.15, 0.2) is 5.96 Å². The van der Waals surface area contributed by atoms with Gasteiger partial charge in [-0.1, -0.05) is 6.92 Å². The number of hydrogen-bond donors (Lipinski definition) is 2. The van der Waals surface area contributed by atoms with Crippen molar-refractivity contribution in [3.8, 4) is 0 Å². The fourth-order valence-corrected chi connectivity index (χ4v) is 1.78. The normalized spacial score (nSPS) is 14.5. The van der Waals surface area contributed by atoms with E-state index in [4.69, 9.17) is 15.2 Å². The third-order valence-corrected chi connectivity index (χ3v) is 2.67. The second-order valence-corrected chi connectivity index (χ2v) is 6.69. The quantitative estimate of drug-likeness (QED) is 0.357. The molecule has 8 heteroatoms. The number of hydrogen-bond acceptors (Lipinski definition) is 4. The van der Waals surface area contributed by atoms with Gasteiger partial charge in [-0.05, 0) is 33.6 Å². The number of nitrogens with one attached hydrogen (secondary N) is 1. The van der Waals surface area contributed by atoms with Crippen molar-refractivity contribution in [1.82, 2.24) is 10.2 Å². The number of ether oxygens (including phenoxy) is 2. The topological polar surface area (TPSA) is 89.2 Å². The highest BCUT2D eigenvalue weighted by atomic mass is 127. The molecule has 0 heterocycles. The largest absolute Gasteiger partial charge is 0.444 e. The molecule has 0 bridgehead atoms. The van der Waals surface area contributed by atoms with Crippen LogP contribution in [0.15, 0.2) is 4.99 Å². The van der Waals surface area contributed by atoms with Crippen LogP contribution in [0.5, 0.6) is 0 Å². The lowest BCUT2D eigenvalue weighted by Crippen LogP contribution is -2.41. The molecule has 138 valence electrons. The second-order valence-electron chi connectivity index (χ2n) is 6.69. The molecule has 3 N–H and O–H groups in total. The van der Waals surface area contributed by atoms with E-state index in [2.05, 4.69) is 10.3 Å². The Labute approximate surface area is 157 Å². The Morgan fingerprint density at radius 2 is 1.91 bits per heavy atom. The summed E-state index contributed by atoms with van der Waals surface area (Å²) in [6.07, 6.45) is -0.330. The number of carbonyl (C=O) groups excluding carboxylic acids is 1. The standard InChI is InChI=1S/C15H32N4O3.HI/c1-11(8-17-13(16)18-12(2)10-21-7)9-19(6)14(20)22-15(3,4)5;/h11-12H,8-10H2,1-7H3,(H3,16,17,18);1H. The van der Waals surface area contributed by atoms with Gasteiger partial charge in [0.2, 0.25) is 0 Å². The zero-order valence-electron chi connectivity index (χ0n) is 15.4. The fourth-order valence-electron chi connectivity index (χ4n) is 1.78. The predicted octanol–water partition coefficient (Wildman–Crippen LogP) is 2.05. The molecular formula is C15H33IN4O3. The summed E-state index contributed by atoms with van der Waals surface area (Å²) in [5.74, 6) is 0.562. The minimum atomic E-state index is -0.488. The van der Waals surface area contributed by atoms with Gasteiger partial charge in [0, 0.05) is 33.3 Å². The van der Waals surface area contributed by atoms with Crippen molar-refractivity contribution in [2.75, 3.05) is 33.9 Å². The molecule has 1 amide bonds. The lowest BCUT2D eigenvalue weighted by atomic mass is 10.2. The maximum Gasteiger partial charge on any atom is 0.410 e. The van der Waals surface area contributed by atoms with E-state index in [1.807, 2.05) is 34.6 Å². The number of halogens is 1. The molecule has 0 radical (unpaired) electrons. The molecule has 7 nitrogen and oxygen atoms in total. The first-order valence-corrected chi connectivity index (χ1v) is 7.54. The summed E-state index contributed by atoms with van der Waals surface area (Å²) >= 11 is 0. The minimum absolute atomic E-state index is 0. The van der Waals surface area contributed by atoms with Crippen LogP contribution in [0.3, 0.4) is 0 Å². The van der Waals surface area contributed by atoms with Gasteiger partial charge >= 0.3 is 6.09 Å². The minimum Gasteiger partial charge on any atom is -0.444 e. The Balaban J connectivity index is 0. The van der Waals surface area contributed by atoms with Gasteiger partial charge in [0.25, 0.3) is 0 Å². The van der Waals surface area contributed by atoms with Crippen LogP contribution >= 0.6 is 24.0 Å². The maximum atomic E-state index is 11.9. The first-order valence-electron chi connectivity index (χ1n) is 7.54. The molecule has 0 aliphatic carbocycles. The van der Waals surface area contributed by atoms with Crippen LogP contribution in [0.2, 0.25) is 0 Å². The first kappa shape index (κ1) is 24.5. The van der Waals surface area contributed by atoms with E-state index in [1.165, 1.54) is 0 Å². The monoisotopic (exact) mass is 444 g/mol. The summed E-state index contributed by atoms with van der Waals surface area (Å²) in [4.78, 5) is 17.7. The van der Waals surface area contributed by atoms with Gasteiger partial charge in [-0.3, -0.25) is 4.99 Å². The highest BCUT2D eigenvalue weighted by molar-refractivity contribution is 14.0. The number of aliphatic imine (C=N–C) groups is 1. The third-order valence-electron chi connectivity index (χ3n) is 2.67. The van der Waals surface area contributed by atoms with E-state index in [9.17, 15) is 4.79 Å². The SMILES string of the molecule is COCC(C)NC(N)=NCC(C)CN(C)C(=O)OC(C)(C)C.I. The van der Waals surface area contributed by atoms with Crippen LogP contribution in [0.25, 0.3) is 0 Å². The number of carbonyl (C=O) groups is 1. The lowest BCUT2D eigenvalue weighted by molar-refractivity contribution is 0.0279. The fraction of sp³-hybridized carbons (Fsp3) is 0.867. The van der Waals surface area contributed by atoms with Crippen LogP contribution in [-0.4, -0.2) is 62.4 Å². The molecule has 0 fully saturated rings. The van der Waals surface area contributed by atoms with E-state index in [1.54, 1.807) is 19.1 Å². The number of guanidine groups is 1. The van der Waals surface area contributed by atoms with E-state index in [0.29, 0.717) is 25.7 Å². The second kappa shape index (κ2) is 11.7. The lowest BCUT2D eigenvalue weighted by Gasteiger charge is -2.26. The Hall–Kier alpha value is -0.770. The van der Waals surface area contributed by atoms with Crippen molar-refractivity contribution in [2.24, 2.45) is 16.6 Å². The molecule has 0 spiro atoms. The Morgan fingerprint density at radius 3 is 2.39 bits per heavy atom. The number of amides is 1. The van der Waals surface area contributed by atoms with E-state index in [-0.39, 0.29) is 42.0 Å². The maximum absolute atomic E-state index is 11.9. The summed E-state index contributed by atoms with van der Waals surface area (Å²) in [6.45, 7) is 11.2. The van der Waals surface area contributed by atoms with Crippen molar-refractivity contribution in [2.45, 2.75) is 46.3 Å². The average molecular weight is 444 g/mol. The van der Waals surface area contributed by atoms with Crippen LogP contribution in [0.4, 0.5) is 4.79 Å². The van der Waals surface area contributed by atoms with Crippen LogP contribution < -0.4 is 11.1 Å². The van der Waals surface area contributed by atoms with Gasteiger partial charge < -0.3 is 25.4 Å². The highest BCUT2D eigenvalue weighted by Gasteiger charge is 2.20. The number of nitrogens with two attached hydrogens (primary N) is 1. The van der Waals surface area contributed by atoms with Gasteiger partial charge in [-0.2, -0.15) is 0 Å². The van der Waals surface area contributed by atoms with Gasteiger partial charge in [0.05, 0.1) is 6.61 Å².